The third-order valence-electron chi connectivity index (χ3n) is 5.28. The summed E-state index contributed by atoms with van der Waals surface area (Å²) in [5, 5.41) is 0. The number of hydrogen-bond acceptors (Lipinski definition) is 3. The highest BCUT2D eigenvalue weighted by Crippen LogP contribution is 2.29. The van der Waals surface area contributed by atoms with Gasteiger partial charge in [-0.1, -0.05) is 24.3 Å². The Labute approximate surface area is 122 Å². The lowest BCUT2D eigenvalue weighted by molar-refractivity contribution is 0.212. The van der Waals surface area contributed by atoms with Crippen molar-refractivity contribution in [3.8, 4) is 0 Å². The Kier molecular flexibility index (Phi) is 4.11. The van der Waals surface area contributed by atoms with Gasteiger partial charge in [-0.25, -0.2) is 0 Å². The van der Waals surface area contributed by atoms with Crippen LogP contribution < -0.4 is 5.73 Å². The molecule has 3 nitrogen and oxygen atoms in total. The minimum absolute atomic E-state index is 0.137. The lowest BCUT2D eigenvalue weighted by Gasteiger charge is -2.28. The summed E-state index contributed by atoms with van der Waals surface area (Å²) in [6.45, 7) is 5.53. The highest BCUT2D eigenvalue weighted by Gasteiger charge is 2.34. The summed E-state index contributed by atoms with van der Waals surface area (Å²) in [6.07, 6.45) is 4.05. The van der Waals surface area contributed by atoms with E-state index in [-0.39, 0.29) is 6.04 Å². The van der Waals surface area contributed by atoms with E-state index >= 15 is 0 Å². The van der Waals surface area contributed by atoms with E-state index in [4.69, 9.17) is 5.73 Å². The van der Waals surface area contributed by atoms with Gasteiger partial charge in [-0.3, -0.25) is 9.80 Å². The first-order valence-corrected chi connectivity index (χ1v) is 7.90. The van der Waals surface area contributed by atoms with Gasteiger partial charge in [-0.05, 0) is 50.9 Å². The van der Waals surface area contributed by atoms with E-state index in [1.165, 1.54) is 43.5 Å². The molecule has 2 bridgehead atoms. The van der Waals surface area contributed by atoms with Crippen LogP contribution in [0.1, 0.15) is 36.4 Å². The van der Waals surface area contributed by atoms with E-state index in [9.17, 15) is 0 Å². The summed E-state index contributed by atoms with van der Waals surface area (Å²) in [5.41, 5.74) is 9.07. The van der Waals surface area contributed by atoms with Crippen molar-refractivity contribution in [2.75, 3.05) is 26.7 Å². The normalized spacial score (nSPS) is 29.4. The fourth-order valence-corrected chi connectivity index (χ4v) is 3.92. The average Bonchev–Trinajstić information content (AvgIpc) is 2.67. The van der Waals surface area contributed by atoms with Crippen LogP contribution in [0.4, 0.5) is 0 Å². The number of hydrogen-bond donors (Lipinski definition) is 1. The van der Waals surface area contributed by atoms with E-state index in [1.807, 2.05) is 0 Å². The van der Waals surface area contributed by atoms with Crippen LogP contribution >= 0.6 is 0 Å². The molecule has 0 aromatic heterocycles. The smallest absolute Gasteiger partial charge is 0.0426 e. The number of aryl methyl sites for hydroxylation is 1. The van der Waals surface area contributed by atoms with Gasteiger partial charge in [0.15, 0.2) is 0 Å². The number of likely N-dealkylation sites (tertiary alicyclic amines) is 1. The minimum Gasteiger partial charge on any atom is -0.323 e. The molecular weight excluding hydrogens is 246 g/mol. The number of fused-ring (bicyclic) bond motifs is 2. The Bertz CT molecular complexity index is 459. The summed E-state index contributed by atoms with van der Waals surface area (Å²) >= 11 is 0. The third-order valence-corrected chi connectivity index (χ3v) is 5.28. The average molecular weight is 273 g/mol. The van der Waals surface area contributed by atoms with Crippen molar-refractivity contribution in [1.82, 2.24) is 9.80 Å². The monoisotopic (exact) mass is 273 g/mol. The molecule has 2 fully saturated rings. The highest BCUT2D eigenvalue weighted by molar-refractivity contribution is 5.28. The van der Waals surface area contributed by atoms with E-state index < -0.39 is 0 Å². The molecule has 2 saturated heterocycles. The first kappa shape index (κ1) is 14.1. The molecule has 3 atom stereocenters. The fourth-order valence-electron chi connectivity index (χ4n) is 3.92. The second-order valence-electron chi connectivity index (χ2n) is 6.56. The van der Waals surface area contributed by atoms with Crippen LogP contribution in [0.3, 0.4) is 0 Å². The van der Waals surface area contributed by atoms with Crippen molar-refractivity contribution >= 4 is 0 Å². The number of likely N-dealkylation sites (N-methyl/N-ethyl adjacent to an activating group) is 1. The lowest BCUT2D eigenvalue weighted by atomic mass is 10.0. The molecule has 2 heterocycles. The van der Waals surface area contributed by atoms with Crippen molar-refractivity contribution < 1.29 is 0 Å². The first-order valence-electron chi connectivity index (χ1n) is 7.90. The molecule has 0 radical (unpaired) electrons. The van der Waals surface area contributed by atoms with Crippen molar-refractivity contribution in [2.45, 2.75) is 44.3 Å². The molecule has 1 aromatic rings. The number of benzene rings is 1. The zero-order valence-electron chi connectivity index (χ0n) is 12.8. The molecule has 3 heteroatoms. The maximum Gasteiger partial charge on any atom is 0.0426 e. The Balaban J connectivity index is 1.65. The lowest BCUT2D eigenvalue weighted by Crippen LogP contribution is -2.39. The van der Waals surface area contributed by atoms with Gasteiger partial charge in [-0.2, -0.15) is 0 Å². The summed E-state index contributed by atoms with van der Waals surface area (Å²) < 4.78 is 0. The van der Waals surface area contributed by atoms with E-state index in [1.54, 1.807) is 0 Å². The minimum atomic E-state index is 0.137. The zero-order valence-corrected chi connectivity index (χ0v) is 12.8. The van der Waals surface area contributed by atoms with Gasteiger partial charge in [0.25, 0.3) is 0 Å². The van der Waals surface area contributed by atoms with Gasteiger partial charge in [0.2, 0.25) is 0 Å². The highest BCUT2D eigenvalue weighted by atomic mass is 15.3. The zero-order chi connectivity index (χ0) is 14.1. The molecule has 110 valence electrons. The predicted molar refractivity (Wildman–Crippen MR) is 83.7 cm³/mol. The van der Waals surface area contributed by atoms with Crippen LogP contribution in [0.2, 0.25) is 0 Å². The number of rotatable bonds is 3. The Morgan fingerprint density at radius 1 is 1.20 bits per heavy atom. The van der Waals surface area contributed by atoms with Gasteiger partial charge in [0.1, 0.15) is 0 Å². The predicted octanol–water partition coefficient (Wildman–Crippen LogP) is 2.16. The fraction of sp³-hybridized carbons (Fsp3) is 0.647. The summed E-state index contributed by atoms with van der Waals surface area (Å²) in [6, 6.07) is 10.2. The standard InChI is InChI=1S/C17H27N3/c1-13-5-3-4-6-16(13)17(18)12-20-10-9-14-7-8-15(11-20)19(14)2/h3-6,14-15,17H,7-12,18H2,1-2H3. The third kappa shape index (κ3) is 2.76. The summed E-state index contributed by atoms with van der Waals surface area (Å²) in [4.78, 5) is 5.18. The Morgan fingerprint density at radius 3 is 2.75 bits per heavy atom. The number of nitrogens with zero attached hydrogens (tertiary/aromatic N) is 2. The molecule has 3 unspecified atom stereocenters. The molecule has 1 aromatic carbocycles. The van der Waals surface area contributed by atoms with Crippen molar-refractivity contribution in [3.63, 3.8) is 0 Å². The van der Waals surface area contributed by atoms with Gasteiger partial charge in [0.05, 0.1) is 0 Å². The Hall–Kier alpha value is -0.900. The van der Waals surface area contributed by atoms with Crippen LogP contribution in [0.15, 0.2) is 24.3 Å². The van der Waals surface area contributed by atoms with E-state index in [0.29, 0.717) is 0 Å². The first-order chi connectivity index (χ1) is 9.65. The van der Waals surface area contributed by atoms with Crippen LogP contribution in [-0.2, 0) is 0 Å². The van der Waals surface area contributed by atoms with Crippen LogP contribution in [0.5, 0.6) is 0 Å². The van der Waals surface area contributed by atoms with Crippen LogP contribution in [0, 0.1) is 6.92 Å². The van der Waals surface area contributed by atoms with Crippen molar-refractivity contribution in [2.24, 2.45) is 5.73 Å². The molecule has 0 aliphatic carbocycles. The summed E-state index contributed by atoms with van der Waals surface area (Å²) in [5.74, 6) is 0. The second-order valence-corrected chi connectivity index (χ2v) is 6.56. The molecular formula is C17H27N3. The van der Waals surface area contributed by atoms with Gasteiger partial charge in [-0.15, -0.1) is 0 Å². The van der Waals surface area contributed by atoms with Crippen LogP contribution in [0.25, 0.3) is 0 Å². The molecule has 2 aliphatic heterocycles. The van der Waals surface area contributed by atoms with Gasteiger partial charge < -0.3 is 5.73 Å². The molecule has 20 heavy (non-hydrogen) atoms. The molecule has 3 rings (SSSR count). The SMILES string of the molecule is Cc1ccccc1C(N)CN1CCC2CCC(C1)N2C. The van der Waals surface area contributed by atoms with Gasteiger partial charge >= 0.3 is 0 Å². The van der Waals surface area contributed by atoms with Crippen molar-refractivity contribution in [1.29, 1.82) is 0 Å². The quantitative estimate of drug-likeness (QED) is 0.916. The largest absolute Gasteiger partial charge is 0.323 e. The Morgan fingerprint density at radius 2 is 1.95 bits per heavy atom. The molecule has 2 N–H and O–H groups in total. The molecule has 0 spiro atoms. The maximum absolute atomic E-state index is 6.46. The van der Waals surface area contributed by atoms with E-state index in [2.05, 4.69) is 48.0 Å². The van der Waals surface area contributed by atoms with Crippen molar-refractivity contribution in [3.05, 3.63) is 35.4 Å². The number of nitrogens with two attached hydrogens (primary N) is 1. The summed E-state index contributed by atoms with van der Waals surface area (Å²) in [7, 11) is 2.30. The maximum atomic E-state index is 6.46. The van der Waals surface area contributed by atoms with E-state index in [0.717, 1.165) is 18.6 Å². The molecule has 2 aliphatic rings. The molecule has 0 saturated carbocycles. The van der Waals surface area contributed by atoms with Gasteiger partial charge in [0, 0.05) is 31.2 Å². The van der Waals surface area contributed by atoms with Crippen LogP contribution in [-0.4, -0.2) is 48.6 Å². The second kappa shape index (κ2) is 5.84. The topological polar surface area (TPSA) is 32.5 Å². The molecule has 0 amide bonds.